The molecule has 8 nitrogen and oxygen atoms in total. The Kier molecular flexibility index (Phi) is 5.25. The Morgan fingerprint density at radius 2 is 1.93 bits per heavy atom. The molecule has 1 amide bonds. The molecule has 29 heavy (non-hydrogen) atoms. The van der Waals surface area contributed by atoms with Gasteiger partial charge in [0, 0.05) is 24.7 Å². The van der Waals surface area contributed by atoms with Crippen LogP contribution < -0.4 is 15.8 Å². The number of aryl methyl sites for hydroxylation is 1. The van der Waals surface area contributed by atoms with Gasteiger partial charge in [-0.2, -0.15) is 0 Å². The molecule has 1 aromatic heterocycles. The fourth-order valence-electron chi connectivity index (χ4n) is 3.08. The van der Waals surface area contributed by atoms with E-state index in [1.54, 1.807) is 30.3 Å². The van der Waals surface area contributed by atoms with Gasteiger partial charge >= 0.3 is 5.76 Å². The predicted octanol–water partition coefficient (Wildman–Crippen LogP) is 2.45. The highest BCUT2D eigenvalue weighted by molar-refractivity contribution is 7.89. The molecule has 1 aliphatic rings. The molecule has 1 fully saturated rings. The summed E-state index contributed by atoms with van der Waals surface area (Å²) < 4.78 is 33.9. The lowest BCUT2D eigenvalue weighted by atomic mass is 10.2. The lowest BCUT2D eigenvalue weighted by Crippen LogP contribution is -2.25. The molecule has 1 saturated carbocycles. The SMILES string of the molecule is O=C(CCCn1c(=O)oc2ccccc21)Nc1cccc(S(=O)(=O)NC2CC2)c1. The summed E-state index contributed by atoms with van der Waals surface area (Å²) in [4.78, 5) is 24.3. The standard InChI is InChI=1S/C20H21N3O5S/c24-19(9-4-12-23-17-7-1-2-8-18(17)28-20(23)25)21-15-5-3-6-16(13-15)29(26,27)22-14-10-11-14/h1-3,5-8,13-14,22H,4,9-12H2,(H,21,24). The number of nitrogens with one attached hydrogen (secondary N) is 2. The van der Waals surface area contributed by atoms with Crippen LogP contribution in [0.3, 0.4) is 0 Å². The van der Waals surface area contributed by atoms with Gasteiger partial charge in [0.15, 0.2) is 5.58 Å². The Balaban J connectivity index is 1.36. The van der Waals surface area contributed by atoms with Crippen LogP contribution in [0.25, 0.3) is 11.1 Å². The maximum atomic E-state index is 12.3. The minimum Gasteiger partial charge on any atom is -0.408 e. The minimum absolute atomic E-state index is 0.0145. The molecule has 0 atom stereocenters. The van der Waals surface area contributed by atoms with Crippen molar-refractivity contribution < 1.29 is 17.6 Å². The number of amides is 1. The van der Waals surface area contributed by atoms with Crippen molar-refractivity contribution in [3.05, 3.63) is 59.1 Å². The van der Waals surface area contributed by atoms with Crippen LogP contribution in [-0.4, -0.2) is 24.9 Å². The van der Waals surface area contributed by atoms with Crippen LogP contribution in [-0.2, 0) is 21.4 Å². The molecule has 0 saturated heterocycles. The molecule has 0 bridgehead atoms. The van der Waals surface area contributed by atoms with Gasteiger partial charge in [-0.15, -0.1) is 0 Å². The van der Waals surface area contributed by atoms with E-state index in [1.165, 1.54) is 16.7 Å². The van der Waals surface area contributed by atoms with Crippen LogP contribution in [0, 0.1) is 0 Å². The molecule has 9 heteroatoms. The molecular formula is C20H21N3O5S. The number of aromatic nitrogens is 1. The summed E-state index contributed by atoms with van der Waals surface area (Å²) in [7, 11) is -3.58. The van der Waals surface area contributed by atoms with E-state index in [9.17, 15) is 18.0 Å². The molecule has 2 aromatic carbocycles. The van der Waals surface area contributed by atoms with E-state index in [-0.39, 0.29) is 23.3 Å². The van der Waals surface area contributed by atoms with E-state index in [2.05, 4.69) is 10.0 Å². The summed E-state index contributed by atoms with van der Waals surface area (Å²) in [5, 5.41) is 2.71. The molecule has 3 aromatic rings. The Hall–Kier alpha value is -2.91. The monoisotopic (exact) mass is 415 g/mol. The van der Waals surface area contributed by atoms with Gasteiger partial charge in [0.2, 0.25) is 15.9 Å². The zero-order valence-electron chi connectivity index (χ0n) is 15.6. The topological polar surface area (TPSA) is 110 Å². The number of nitrogens with zero attached hydrogens (tertiary/aromatic N) is 1. The Morgan fingerprint density at radius 1 is 1.14 bits per heavy atom. The summed E-state index contributed by atoms with van der Waals surface area (Å²) in [5.41, 5.74) is 1.62. The van der Waals surface area contributed by atoms with E-state index in [1.807, 2.05) is 6.07 Å². The zero-order valence-corrected chi connectivity index (χ0v) is 16.4. The van der Waals surface area contributed by atoms with E-state index >= 15 is 0 Å². The van der Waals surface area contributed by atoms with Crippen LogP contribution in [0.15, 0.2) is 62.6 Å². The summed E-state index contributed by atoms with van der Waals surface area (Å²) in [5.74, 6) is -0.705. The van der Waals surface area contributed by atoms with Gasteiger partial charge in [0.25, 0.3) is 0 Å². The van der Waals surface area contributed by atoms with E-state index in [0.717, 1.165) is 12.8 Å². The highest BCUT2D eigenvalue weighted by Crippen LogP contribution is 2.23. The third-order valence-electron chi connectivity index (χ3n) is 4.69. The summed E-state index contributed by atoms with van der Waals surface area (Å²) in [6.45, 7) is 0.350. The second-order valence-corrected chi connectivity index (χ2v) is 8.78. The minimum atomic E-state index is -3.58. The maximum Gasteiger partial charge on any atom is 0.419 e. The third kappa shape index (κ3) is 4.57. The van der Waals surface area contributed by atoms with Crippen molar-refractivity contribution in [2.24, 2.45) is 0 Å². The highest BCUT2D eigenvalue weighted by Gasteiger charge is 2.28. The fourth-order valence-corrected chi connectivity index (χ4v) is 4.43. The van der Waals surface area contributed by atoms with Crippen LogP contribution in [0.1, 0.15) is 25.7 Å². The van der Waals surface area contributed by atoms with Crippen molar-refractivity contribution in [3.8, 4) is 0 Å². The molecule has 2 N–H and O–H groups in total. The zero-order chi connectivity index (χ0) is 20.4. The molecule has 0 aliphatic heterocycles. The Labute approximate surface area is 167 Å². The first-order valence-electron chi connectivity index (χ1n) is 9.43. The number of benzene rings is 2. The first-order chi connectivity index (χ1) is 13.9. The Morgan fingerprint density at radius 3 is 2.72 bits per heavy atom. The number of hydrogen-bond donors (Lipinski definition) is 2. The molecule has 1 heterocycles. The molecular weight excluding hydrogens is 394 g/mol. The number of anilines is 1. The summed E-state index contributed by atoms with van der Waals surface area (Å²) in [6.07, 6.45) is 2.33. The average Bonchev–Trinajstić information content (AvgIpc) is 3.43. The van der Waals surface area contributed by atoms with Crippen molar-refractivity contribution in [1.82, 2.24) is 9.29 Å². The van der Waals surface area contributed by atoms with Crippen molar-refractivity contribution in [2.45, 2.75) is 43.2 Å². The number of carbonyl (C=O) groups is 1. The Bertz CT molecular complexity index is 1210. The molecule has 0 unspecified atom stereocenters. The van der Waals surface area contributed by atoms with Crippen molar-refractivity contribution in [2.75, 3.05) is 5.32 Å². The average molecular weight is 415 g/mol. The molecule has 0 spiro atoms. The second kappa shape index (κ2) is 7.84. The van der Waals surface area contributed by atoms with Gasteiger partial charge in [-0.25, -0.2) is 17.9 Å². The number of fused-ring (bicyclic) bond motifs is 1. The number of sulfonamides is 1. The van der Waals surface area contributed by atoms with Crippen molar-refractivity contribution in [3.63, 3.8) is 0 Å². The van der Waals surface area contributed by atoms with E-state index < -0.39 is 15.8 Å². The lowest BCUT2D eigenvalue weighted by Gasteiger charge is -2.09. The van der Waals surface area contributed by atoms with Crippen molar-refractivity contribution >= 4 is 32.7 Å². The number of para-hydroxylation sites is 2. The van der Waals surface area contributed by atoms with E-state index in [0.29, 0.717) is 29.8 Å². The number of hydrogen-bond acceptors (Lipinski definition) is 5. The van der Waals surface area contributed by atoms with Gasteiger partial charge in [-0.3, -0.25) is 9.36 Å². The molecule has 4 rings (SSSR count). The van der Waals surface area contributed by atoms with Crippen LogP contribution in [0.5, 0.6) is 0 Å². The quantitative estimate of drug-likeness (QED) is 0.587. The first kappa shape index (κ1) is 19.4. The largest absolute Gasteiger partial charge is 0.419 e. The third-order valence-corrected chi connectivity index (χ3v) is 6.20. The fraction of sp³-hybridized carbons (Fsp3) is 0.300. The summed E-state index contributed by atoms with van der Waals surface area (Å²) >= 11 is 0. The van der Waals surface area contributed by atoms with Gasteiger partial charge in [-0.05, 0) is 49.6 Å². The predicted molar refractivity (Wildman–Crippen MR) is 108 cm³/mol. The molecule has 1 aliphatic carbocycles. The van der Waals surface area contributed by atoms with Crippen LogP contribution in [0.2, 0.25) is 0 Å². The normalized spacial score (nSPS) is 14.2. The van der Waals surface area contributed by atoms with Crippen LogP contribution >= 0.6 is 0 Å². The maximum absolute atomic E-state index is 12.3. The van der Waals surface area contributed by atoms with E-state index in [4.69, 9.17) is 4.42 Å². The van der Waals surface area contributed by atoms with Crippen molar-refractivity contribution in [1.29, 1.82) is 0 Å². The molecule has 152 valence electrons. The van der Waals surface area contributed by atoms with Crippen LogP contribution in [0.4, 0.5) is 5.69 Å². The second-order valence-electron chi connectivity index (χ2n) is 7.06. The summed E-state index contributed by atoms with van der Waals surface area (Å²) in [6, 6.07) is 13.3. The number of rotatable bonds is 8. The van der Waals surface area contributed by atoms with Gasteiger partial charge in [0.05, 0.1) is 10.4 Å². The van der Waals surface area contributed by atoms with Gasteiger partial charge in [-0.1, -0.05) is 18.2 Å². The van der Waals surface area contributed by atoms with Gasteiger partial charge in [0.1, 0.15) is 0 Å². The number of carbonyl (C=O) groups excluding carboxylic acids is 1. The highest BCUT2D eigenvalue weighted by atomic mass is 32.2. The first-order valence-corrected chi connectivity index (χ1v) is 10.9. The van der Waals surface area contributed by atoms with Gasteiger partial charge < -0.3 is 9.73 Å². The smallest absolute Gasteiger partial charge is 0.408 e. The number of oxazole rings is 1. The molecule has 0 radical (unpaired) electrons. The lowest BCUT2D eigenvalue weighted by molar-refractivity contribution is -0.116.